The molecule has 3 rings (SSSR count). The lowest BCUT2D eigenvalue weighted by molar-refractivity contribution is -0.139. The molecule has 0 aliphatic carbocycles. The Labute approximate surface area is 172 Å². The summed E-state index contributed by atoms with van der Waals surface area (Å²) in [5.74, 6) is 0.665. The Kier molecular flexibility index (Phi) is 6.88. The summed E-state index contributed by atoms with van der Waals surface area (Å²) < 4.78 is 5.31. The number of benzene rings is 2. The van der Waals surface area contributed by atoms with Gasteiger partial charge in [-0.1, -0.05) is 36.4 Å². The molecule has 2 amide bonds. The van der Waals surface area contributed by atoms with Crippen LogP contribution >= 0.6 is 0 Å². The zero-order valence-electron chi connectivity index (χ0n) is 17.4. The van der Waals surface area contributed by atoms with E-state index in [0.29, 0.717) is 31.7 Å². The lowest BCUT2D eigenvalue weighted by Gasteiger charge is -2.41. The van der Waals surface area contributed by atoms with Crippen LogP contribution in [0.15, 0.2) is 54.6 Å². The lowest BCUT2D eigenvalue weighted by Crippen LogP contribution is -2.59. The van der Waals surface area contributed by atoms with Crippen molar-refractivity contribution in [2.75, 3.05) is 45.7 Å². The third-order valence-corrected chi connectivity index (χ3v) is 5.21. The molecule has 0 aromatic heterocycles. The van der Waals surface area contributed by atoms with Gasteiger partial charge in [-0.15, -0.1) is 0 Å². The third-order valence-electron chi connectivity index (χ3n) is 5.21. The first-order valence-electron chi connectivity index (χ1n) is 9.90. The van der Waals surface area contributed by atoms with Gasteiger partial charge in [0.1, 0.15) is 12.3 Å². The van der Waals surface area contributed by atoms with Crippen molar-refractivity contribution in [1.29, 1.82) is 0 Å². The topological polar surface area (TPSA) is 53.1 Å². The van der Waals surface area contributed by atoms with Crippen LogP contribution in [0.4, 0.5) is 5.69 Å². The van der Waals surface area contributed by atoms with Gasteiger partial charge < -0.3 is 19.4 Å². The molecule has 2 aromatic carbocycles. The zero-order valence-corrected chi connectivity index (χ0v) is 17.4. The summed E-state index contributed by atoms with van der Waals surface area (Å²) in [5, 5.41) is 0. The monoisotopic (exact) mass is 395 g/mol. The number of carbonyl (C=O) groups is 2. The first-order valence-corrected chi connectivity index (χ1v) is 9.90. The largest absolute Gasteiger partial charge is 0.497 e. The van der Waals surface area contributed by atoms with Crippen molar-refractivity contribution in [3.63, 3.8) is 0 Å². The van der Waals surface area contributed by atoms with E-state index in [-0.39, 0.29) is 24.4 Å². The minimum Gasteiger partial charge on any atom is -0.497 e. The third kappa shape index (κ3) is 5.35. The lowest BCUT2D eigenvalue weighted by atomic mass is 10.0. The number of ether oxygens (including phenoxy) is 1. The smallest absolute Gasteiger partial charge is 0.246 e. The van der Waals surface area contributed by atoms with Gasteiger partial charge in [-0.05, 0) is 38.2 Å². The Balaban J connectivity index is 1.84. The molecular weight excluding hydrogens is 366 g/mol. The van der Waals surface area contributed by atoms with E-state index in [4.69, 9.17) is 4.74 Å². The molecule has 6 heteroatoms. The van der Waals surface area contributed by atoms with Crippen molar-refractivity contribution in [3.8, 4) is 5.75 Å². The summed E-state index contributed by atoms with van der Waals surface area (Å²) in [6.07, 6.45) is 1.12. The van der Waals surface area contributed by atoms with Crippen LogP contribution in [-0.2, 0) is 16.0 Å². The molecule has 0 spiro atoms. The summed E-state index contributed by atoms with van der Waals surface area (Å²) in [6.45, 7) is 1.23. The summed E-state index contributed by atoms with van der Waals surface area (Å²) >= 11 is 0. The van der Waals surface area contributed by atoms with Crippen molar-refractivity contribution in [1.82, 2.24) is 9.80 Å². The van der Waals surface area contributed by atoms with E-state index >= 15 is 0 Å². The van der Waals surface area contributed by atoms with Gasteiger partial charge in [-0.25, -0.2) is 0 Å². The highest BCUT2D eigenvalue weighted by molar-refractivity contribution is 5.98. The van der Waals surface area contributed by atoms with Gasteiger partial charge in [-0.2, -0.15) is 0 Å². The maximum absolute atomic E-state index is 12.9. The summed E-state index contributed by atoms with van der Waals surface area (Å²) in [6, 6.07) is 17.5. The molecule has 6 nitrogen and oxygen atoms in total. The van der Waals surface area contributed by atoms with Gasteiger partial charge in [0.15, 0.2) is 0 Å². The van der Waals surface area contributed by atoms with Gasteiger partial charge in [0, 0.05) is 31.3 Å². The van der Waals surface area contributed by atoms with Crippen LogP contribution < -0.4 is 9.64 Å². The van der Waals surface area contributed by atoms with E-state index in [1.807, 2.05) is 61.5 Å². The van der Waals surface area contributed by atoms with Crippen LogP contribution in [0.5, 0.6) is 5.75 Å². The maximum atomic E-state index is 12.9. The van der Waals surface area contributed by atoms with Gasteiger partial charge in [0.25, 0.3) is 0 Å². The molecule has 1 aliphatic rings. The number of methoxy groups -OCH3 is 1. The van der Waals surface area contributed by atoms with E-state index in [0.717, 1.165) is 11.3 Å². The second-order valence-corrected chi connectivity index (χ2v) is 7.62. The van der Waals surface area contributed by atoms with Gasteiger partial charge in [0.05, 0.1) is 13.2 Å². The SMILES string of the molecule is COc1cccc(N2C[C@H](Cc3ccccc3)N(C(=O)CCN(C)C)CC2=O)c1. The molecule has 0 unspecified atom stereocenters. The second-order valence-electron chi connectivity index (χ2n) is 7.62. The van der Waals surface area contributed by atoms with Crippen LogP contribution in [0.25, 0.3) is 0 Å². The zero-order chi connectivity index (χ0) is 20.8. The standard InChI is InChI=1S/C23H29N3O3/c1-24(2)13-12-22(27)26-17-23(28)25(19-10-7-11-21(15-19)29-3)16-20(26)14-18-8-5-4-6-9-18/h4-11,15,20H,12-14,16-17H2,1-3H3/t20-/m0/s1. The molecule has 0 saturated carbocycles. The molecular formula is C23H29N3O3. The van der Waals surface area contributed by atoms with E-state index in [1.165, 1.54) is 0 Å². The Morgan fingerprint density at radius 3 is 2.59 bits per heavy atom. The van der Waals surface area contributed by atoms with E-state index < -0.39 is 0 Å². The minimum absolute atomic E-state index is 0.0262. The van der Waals surface area contributed by atoms with E-state index in [1.54, 1.807) is 16.9 Å². The summed E-state index contributed by atoms with van der Waals surface area (Å²) in [5.41, 5.74) is 1.95. The van der Waals surface area contributed by atoms with Crippen LogP contribution in [-0.4, -0.2) is 68.5 Å². The molecule has 154 valence electrons. The Bertz CT molecular complexity index is 838. The molecule has 0 N–H and O–H groups in total. The minimum atomic E-state index is -0.0732. The number of piperazine rings is 1. The molecule has 2 aromatic rings. The predicted molar refractivity (Wildman–Crippen MR) is 114 cm³/mol. The molecule has 1 aliphatic heterocycles. The van der Waals surface area contributed by atoms with E-state index in [9.17, 15) is 9.59 Å². The molecule has 1 fully saturated rings. The predicted octanol–water partition coefficient (Wildman–Crippen LogP) is 2.43. The maximum Gasteiger partial charge on any atom is 0.246 e. The van der Waals surface area contributed by atoms with Crippen LogP contribution in [0.3, 0.4) is 0 Å². The number of rotatable bonds is 7. The Morgan fingerprint density at radius 2 is 1.90 bits per heavy atom. The normalized spacial score (nSPS) is 17.0. The molecule has 0 bridgehead atoms. The highest BCUT2D eigenvalue weighted by Crippen LogP contribution is 2.26. The summed E-state index contributed by atoms with van der Waals surface area (Å²) in [7, 11) is 5.50. The van der Waals surface area contributed by atoms with Crippen molar-refractivity contribution < 1.29 is 14.3 Å². The number of carbonyl (C=O) groups excluding carboxylic acids is 2. The van der Waals surface area contributed by atoms with Crippen molar-refractivity contribution in [2.45, 2.75) is 18.9 Å². The van der Waals surface area contributed by atoms with Crippen LogP contribution in [0, 0.1) is 0 Å². The fourth-order valence-electron chi connectivity index (χ4n) is 3.61. The average molecular weight is 396 g/mol. The number of amides is 2. The van der Waals surface area contributed by atoms with Crippen molar-refractivity contribution >= 4 is 17.5 Å². The molecule has 0 radical (unpaired) electrons. The van der Waals surface area contributed by atoms with Gasteiger partial charge in [-0.3, -0.25) is 9.59 Å². The highest BCUT2D eigenvalue weighted by Gasteiger charge is 2.35. The second kappa shape index (κ2) is 9.56. The quantitative estimate of drug-likeness (QED) is 0.723. The molecule has 1 atom stereocenters. The van der Waals surface area contributed by atoms with E-state index in [2.05, 4.69) is 12.1 Å². The molecule has 29 heavy (non-hydrogen) atoms. The Morgan fingerprint density at radius 1 is 1.14 bits per heavy atom. The average Bonchev–Trinajstić information content (AvgIpc) is 2.73. The number of hydrogen-bond donors (Lipinski definition) is 0. The number of nitrogens with zero attached hydrogens (tertiary/aromatic N) is 3. The fourth-order valence-corrected chi connectivity index (χ4v) is 3.61. The number of hydrogen-bond acceptors (Lipinski definition) is 4. The van der Waals surface area contributed by atoms with Crippen LogP contribution in [0.1, 0.15) is 12.0 Å². The van der Waals surface area contributed by atoms with Gasteiger partial charge >= 0.3 is 0 Å². The molecule has 1 saturated heterocycles. The number of anilines is 1. The van der Waals surface area contributed by atoms with Crippen molar-refractivity contribution in [3.05, 3.63) is 60.2 Å². The first-order chi connectivity index (χ1) is 14.0. The van der Waals surface area contributed by atoms with Gasteiger partial charge in [0.2, 0.25) is 11.8 Å². The Hall–Kier alpha value is -2.86. The summed E-state index contributed by atoms with van der Waals surface area (Å²) in [4.78, 5) is 31.3. The fraction of sp³-hybridized carbons (Fsp3) is 0.391. The first kappa shape index (κ1) is 20.9. The highest BCUT2D eigenvalue weighted by atomic mass is 16.5. The molecule has 1 heterocycles. The van der Waals surface area contributed by atoms with Crippen molar-refractivity contribution in [2.24, 2.45) is 0 Å². The van der Waals surface area contributed by atoms with Crippen LogP contribution in [0.2, 0.25) is 0 Å².